The van der Waals surface area contributed by atoms with Crippen LogP contribution in [-0.4, -0.2) is 24.7 Å². The standard InChI is InChI=1S/C23H24N2O4/c1-13-11-23(22(4,5)16(13)12-24)15-7-8-17-14(9-10-21(2,3)29-17)18(15)25(19(23)26)20(27)28-6/h7-10,16H,1,11H2,2-6H3/t16-,23-/m1/s1. The lowest BCUT2D eigenvalue weighted by atomic mass is 9.62. The van der Waals surface area contributed by atoms with Crippen molar-refractivity contribution in [3.8, 4) is 11.8 Å². The van der Waals surface area contributed by atoms with Crippen LogP contribution in [0.1, 0.15) is 45.2 Å². The molecule has 1 saturated carbocycles. The first-order valence-electron chi connectivity index (χ1n) is 9.57. The summed E-state index contributed by atoms with van der Waals surface area (Å²) in [5.74, 6) is -0.282. The molecular formula is C23H24N2O4. The predicted molar refractivity (Wildman–Crippen MR) is 108 cm³/mol. The van der Waals surface area contributed by atoms with E-state index in [-0.39, 0.29) is 5.91 Å². The normalized spacial score (nSPS) is 28.0. The summed E-state index contributed by atoms with van der Waals surface area (Å²) in [4.78, 5) is 27.7. The number of anilines is 1. The Morgan fingerprint density at radius 2 is 2.03 bits per heavy atom. The largest absolute Gasteiger partial charge is 0.483 e. The zero-order valence-corrected chi connectivity index (χ0v) is 17.3. The number of nitrogens with zero attached hydrogens (tertiary/aromatic N) is 2. The molecule has 29 heavy (non-hydrogen) atoms. The van der Waals surface area contributed by atoms with Gasteiger partial charge in [-0.1, -0.05) is 32.1 Å². The van der Waals surface area contributed by atoms with E-state index in [1.54, 1.807) is 0 Å². The third-order valence-electron chi connectivity index (χ3n) is 6.66. The molecule has 2 amide bonds. The molecule has 1 aromatic carbocycles. The van der Waals surface area contributed by atoms with Gasteiger partial charge in [-0.05, 0) is 44.1 Å². The summed E-state index contributed by atoms with van der Waals surface area (Å²) in [6, 6.07) is 6.00. The maximum Gasteiger partial charge on any atom is 0.420 e. The number of amides is 2. The summed E-state index contributed by atoms with van der Waals surface area (Å²) >= 11 is 0. The number of hydrogen-bond donors (Lipinski definition) is 0. The van der Waals surface area contributed by atoms with Crippen LogP contribution < -0.4 is 9.64 Å². The molecule has 0 radical (unpaired) electrons. The number of ether oxygens (including phenoxy) is 2. The summed E-state index contributed by atoms with van der Waals surface area (Å²) in [6.45, 7) is 11.7. The second-order valence-electron chi connectivity index (χ2n) is 9.05. The summed E-state index contributed by atoms with van der Waals surface area (Å²) in [5, 5.41) is 9.76. The molecule has 0 saturated heterocycles. The lowest BCUT2D eigenvalue weighted by molar-refractivity contribution is -0.126. The SMILES string of the molecule is C=C1C[C@@]2(C(=O)N(C(=O)OC)c3c2ccc2c3C=CC(C)(C)O2)C(C)(C)[C@@H]1C#N. The molecule has 0 unspecified atom stereocenters. The van der Waals surface area contributed by atoms with Gasteiger partial charge in [-0.15, -0.1) is 0 Å². The molecule has 3 aliphatic rings. The van der Waals surface area contributed by atoms with E-state index >= 15 is 0 Å². The molecular weight excluding hydrogens is 368 g/mol. The zero-order valence-electron chi connectivity index (χ0n) is 17.3. The minimum Gasteiger partial charge on any atom is -0.483 e. The van der Waals surface area contributed by atoms with Crippen LogP contribution in [0.2, 0.25) is 0 Å². The van der Waals surface area contributed by atoms with Gasteiger partial charge in [-0.25, -0.2) is 9.69 Å². The summed E-state index contributed by atoms with van der Waals surface area (Å²) in [7, 11) is 1.25. The van der Waals surface area contributed by atoms with Crippen molar-refractivity contribution in [3.05, 3.63) is 41.5 Å². The maximum atomic E-state index is 13.8. The van der Waals surface area contributed by atoms with Gasteiger partial charge in [0.15, 0.2) is 0 Å². The average Bonchev–Trinajstić information content (AvgIpc) is 3.01. The lowest BCUT2D eigenvalue weighted by Gasteiger charge is -2.38. The van der Waals surface area contributed by atoms with Gasteiger partial charge in [-0.3, -0.25) is 4.79 Å². The van der Waals surface area contributed by atoms with E-state index in [2.05, 4.69) is 12.6 Å². The second kappa shape index (κ2) is 5.73. The Bertz CT molecular complexity index is 1040. The Hall–Kier alpha value is -3.07. The van der Waals surface area contributed by atoms with Gasteiger partial charge in [-0.2, -0.15) is 5.26 Å². The number of benzene rings is 1. The van der Waals surface area contributed by atoms with Gasteiger partial charge >= 0.3 is 6.09 Å². The first-order valence-corrected chi connectivity index (χ1v) is 9.57. The number of allylic oxidation sites excluding steroid dienone is 1. The monoisotopic (exact) mass is 392 g/mol. The number of rotatable bonds is 0. The van der Waals surface area contributed by atoms with Gasteiger partial charge in [0.05, 0.1) is 30.2 Å². The lowest BCUT2D eigenvalue weighted by Crippen LogP contribution is -2.50. The fraction of sp³-hybridized carbons (Fsp3) is 0.435. The Labute approximate surface area is 170 Å². The number of fused-ring (bicyclic) bond motifs is 4. The molecule has 1 fully saturated rings. The van der Waals surface area contributed by atoms with Crippen molar-refractivity contribution in [2.75, 3.05) is 12.0 Å². The molecule has 6 nitrogen and oxygen atoms in total. The molecule has 150 valence electrons. The fourth-order valence-electron chi connectivity index (χ4n) is 5.17. The van der Waals surface area contributed by atoms with Crippen molar-refractivity contribution in [1.82, 2.24) is 0 Å². The number of carbonyl (C=O) groups excluding carboxylic acids is 2. The minimum atomic E-state index is -1.07. The summed E-state index contributed by atoms with van der Waals surface area (Å²) < 4.78 is 11.0. The van der Waals surface area contributed by atoms with Crippen LogP contribution in [0.4, 0.5) is 10.5 Å². The van der Waals surface area contributed by atoms with Crippen molar-refractivity contribution >= 4 is 23.8 Å². The highest BCUT2D eigenvalue weighted by Gasteiger charge is 2.68. The molecule has 0 bridgehead atoms. The van der Waals surface area contributed by atoms with E-state index in [4.69, 9.17) is 9.47 Å². The van der Waals surface area contributed by atoms with Gasteiger partial charge < -0.3 is 9.47 Å². The maximum absolute atomic E-state index is 13.8. The van der Waals surface area contributed by atoms with Crippen LogP contribution in [-0.2, 0) is 14.9 Å². The van der Waals surface area contributed by atoms with Crippen LogP contribution in [0.5, 0.6) is 5.75 Å². The molecule has 0 aromatic heterocycles. The van der Waals surface area contributed by atoms with Crippen LogP contribution in [0.3, 0.4) is 0 Å². The highest BCUT2D eigenvalue weighted by Crippen LogP contribution is 2.65. The van der Waals surface area contributed by atoms with Gasteiger partial charge in [0.2, 0.25) is 5.91 Å². The van der Waals surface area contributed by atoms with Crippen LogP contribution >= 0.6 is 0 Å². The molecule has 2 aliphatic heterocycles. The molecule has 2 heterocycles. The number of imide groups is 1. The topological polar surface area (TPSA) is 79.6 Å². The fourth-order valence-corrected chi connectivity index (χ4v) is 5.17. The highest BCUT2D eigenvalue weighted by atomic mass is 16.5. The molecule has 4 rings (SSSR count). The number of carbonyl (C=O) groups is 2. The number of nitriles is 1. The van der Waals surface area contributed by atoms with Crippen LogP contribution in [0.15, 0.2) is 30.4 Å². The van der Waals surface area contributed by atoms with Crippen molar-refractivity contribution in [2.24, 2.45) is 11.3 Å². The predicted octanol–water partition coefficient (Wildman–Crippen LogP) is 4.35. The molecule has 0 N–H and O–H groups in total. The summed E-state index contributed by atoms with van der Waals surface area (Å²) in [5.41, 5.74) is 0.247. The van der Waals surface area contributed by atoms with Crippen molar-refractivity contribution < 1.29 is 19.1 Å². The van der Waals surface area contributed by atoms with E-state index in [0.29, 0.717) is 34.6 Å². The highest BCUT2D eigenvalue weighted by molar-refractivity contribution is 6.23. The minimum absolute atomic E-state index is 0.312. The Morgan fingerprint density at radius 1 is 1.34 bits per heavy atom. The Balaban J connectivity index is 2.04. The summed E-state index contributed by atoms with van der Waals surface area (Å²) in [6.07, 6.45) is 3.35. The van der Waals surface area contributed by atoms with Crippen LogP contribution in [0.25, 0.3) is 6.08 Å². The molecule has 1 aliphatic carbocycles. The number of methoxy groups -OCH3 is 1. The van der Waals surface area contributed by atoms with Gasteiger partial charge in [0, 0.05) is 11.0 Å². The van der Waals surface area contributed by atoms with Gasteiger partial charge in [0.1, 0.15) is 11.4 Å². The second-order valence-corrected chi connectivity index (χ2v) is 9.05. The van der Waals surface area contributed by atoms with E-state index in [1.807, 2.05) is 52.0 Å². The Kier molecular flexibility index (Phi) is 3.80. The third kappa shape index (κ3) is 2.21. The van der Waals surface area contributed by atoms with Crippen LogP contribution in [0, 0.1) is 22.7 Å². The average molecular weight is 392 g/mol. The first kappa shape index (κ1) is 19.3. The van der Waals surface area contributed by atoms with Crippen molar-refractivity contribution in [3.63, 3.8) is 0 Å². The Morgan fingerprint density at radius 3 is 2.62 bits per heavy atom. The van der Waals surface area contributed by atoms with E-state index < -0.39 is 28.4 Å². The van der Waals surface area contributed by atoms with Crippen molar-refractivity contribution in [2.45, 2.75) is 45.1 Å². The third-order valence-corrected chi connectivity index (χ3v) is 6.66. The zero-order chi connectivity index (χ0) is 21.4. The van der Waals surface area contributed by atoms with Gasteiger partial charge in [0.25, 0.3) is 0 Å². The van der Waals surface area contributed by atoms with E-state index in [9.17, 15) is 14.9 Å². The van der Waals surface area contributed by atoms with E-state index in [1.165, 1.54) is 7.11 Å². The quantitative estimate of drug-likeness (QED) is 0.613. The smallest absolute Gasteiger partial charge is 0.420 e. The molecule has 2 atom stereocenters. The van der Waals surface area contributed by atoms with E-state index in [0.717, 1.165) is 4.90 Å². The molecule has 6 heteroatoms. The molecule has 1 spiro atoms. The first-order chi connectivity index (χ1) is 13.5. The number of hydrogen-bond acceptors (Lipinski definition) is 5. The molecule has 1 aromatic rings. The van der Waals surface area contributed by atoms with Crippen molar-refractivity contribution in [1.29, 1.82) is 5.26 Å².